The Hall–Kier alpha value is -1.31. The number of benzene rings is 1. The van der Waals surface area contributed by atoms with E-state index in [0.29, 0.717) is 32.8 Å². The van der Waals surface area contributed by atoms with Gasteiger partial charge < -0.3 is 15.0 Å². The molecule has 0 unspecified atom stereocenters. The van der Waals surface area contributed by atoms with Crippen LogP contribution in [-0.4, -0.2) is 69.7 Å². The predicted octanol–water partition coefficient (Wildman–Crippen LogP) is 2.47. The normalized spacial score (nSPS) is 24.0. The third-order valence-corrected chi connectivity index (χ3v) is 8.90. The van der Waals surface area contributed by atoms with Crippen molar-refractivity contribution in [3.05, 3.63) is 34.9 Å². The number of nitrogens with one attached hydrogen (secondary N) is 1. The molecule has 0 aromatic heterocycles. The maximum Gasteiger partial charge on any atom is 0.193 e. The molecule has 0 atom stereocenters. The van der Waals surface area contributed by atoms with E-state index in [0.717, 1.165) is 29.4 Å². The number of hydrogen-bond acceptors (Lipinski definition) is 4. The number of rotatable bonds is 3. The Labute approximate surface area is 173 Å². The molecule has 28 heavy (non-hydrogen) atoms. The van der Waals surface area contributed by atoms with Gasteiger partial charge in [-0.1, -0.05) is 29.8 Å². The Balaban J connectivity index is 1.78. The van der Waals surface area contributed by atoms with E-state index in [4.69, 9.17) is 16.3 Å². The summed E-state index contributed by atoms with van der Waals surface area (Å²) < 4.78 is 29.5. The van der Waals surface area contributed by atoms with Crippen molar-refractivity contribution in [3.63, 3.8) is 0 Å². The van der Waals surface area contributed by atoms with Gasteiger partial charge in [0.05, 0.1) is 10.5 Å². The molecule has 1 aromatic rings. The molecule has 1 aromatic carbocycles. The van der Waals surface area contributed by atoms with Gasteiger partial charge in [-0.2, -0.15) is 0 Å². The first-order chi connectivity index (χ1) is 13.2. The van der Waals surface area contributed by atoms with Crippen molar-refractivity contribution in [2.45, 2.75) is 36.9 Å². The summed E-state index contributed by atoms with van der Waals surface area (Å²) in [6, 6.07) is 7.99. The first-order valence-electron chi connectivity index (χ1n) is 9.71. The van der Waals surface area contributed by atoms with Crippen molar-refractivity contribution in [2.75, 3.05) is 45.6 Å². The van der Waals surface area contributed by atoms with Crippen LogP contribution in [0, 0.1) is 0 Å². The second-order valence-electron chi connectivity index (χ2n) is 8.27. The Kier molecular flexibility index (Phi) is 6.27. The van der Waals surface area contributed by atoms with Crippen LogP contribution in [0.25, 0.3) is 0 Å². The zero-order valence-electron chi connectivity index (χ0n) is 16.9. The van der Waals surface area contributed by atoms with Gasteiger partial charge in [-0.15, -0.1) is 0 Å². The van der Waals surface area contributed by atoms with Gasteiger partial charge >= 0.3 is 0 Å². The van der Waals surface area contributed by atoms with Crippen LogP contribution < -0.4 is 5.32 Å². The number of halogens is 1. The van der Waals surface area contributed by atoms with Crippen molar-refractivity contribution in [1.82, 2.24) is 10.2 Å². The summed E-state index contributed by atoms with van der Waals surface area (Å²) in [4.78, 5) is 6.47. The average Bonchev–Trinajstić information content (AvgIpc) is 2.66. The average molecular weight is 428 g/mol. The third-order valence-electron chi connectivity index (χ3n) is 6.03. The van der Waals surface area contributed by atoms with Crippen LogP contribution in [0.15, 0.2) is 29.3 Å². The highest BCUT2D eigenvalue weighted by atomic mass is 35.5. The number of aliphatic imine (C=N–C) groups is 1. The van der Waals surface area contributed by atoms with Gasteiger partial charge in [0, 0.05) is 50.3 Å². The largest absolute Gasteiger partial charge is 0.381 e. The Bertz CT molecular complexity index is 833. The molecule has 2 saturated heterocycles. The summed E-state index contributed by atoms with van der Waals surface area (Å²) >= 11 is 6.54. The van der Waals surface area contributed by atoms with Crippen molar-refractivity contribution in [3.8, 4) is 0 Å². The maximum absolute atomic E-state index is 12.3. The smallest absolute Gasteiger partial charge is 0.193 e. The minimum Gasteiger partial charge on any atom is -0.381 e. The number of guanidine groups is 1. The third kappa shape index (κ3) is 4.16. The topological polar surface area (TPSA) is 71.0 Å². The maximum atomic E-state index is 12.3. The fourth-order valence-corrected chi connectivity index (χ4v) is 5.80. The Morgan fingerprint density at radius 1 is 1.29 bits per heavy atom. The molecule has 8 heteroatoms. The molecule has 0 radical (unpaired) electrons. The van der Waals surface area contributed by atoms with Gasteiger partial charge in [0.1, 0.15) is 0 Å². The van der Waals surface area contributed by atoms with Crippen LogP contribution in [0.4, 0.5) is 0 Å². The number of hydrogen-bond donors (Lipinski definition) is 1. The summed E-state index contributed by atoms with van der Waals surface area (Å²) in [5, 5.41) is 4.28. The van der Waals surface area contributed by atoms with E-state index in [2.05, 4.69) is 16.4 Å². The van der Waals surface area contributed by atoms with Gasteiger partial charge in [-0.05, 0) is 38.3 Å². The van der Waals surface area contributed by atoms with E-state index in [-0.39, 0.29) is 11.2 Å². The number of ether oxygens (including phenoxy) is 1. The van der Waals surface area contributed by atoms with Crippen molar-refractivity contribution in [1.29, 1.82) is 0 Å². The summed E-state index contributed by atoms with van der Waals surface area (Å²) in [5.74, 6) is 0.880. The number of sulfone groups is 1. The standard InChI is InChI=1S/C20H30ClN3O3S/c1-19(2)15-24(10-13-28(19,25)26)18(22-3)23-14-20(8-11-27-12-9-20)16-6-4-5-7-17(16)21/h4-7H,8-15H2,1-3H3,(H,22,23). The molecule has 156 valence electrons. The lowest BCUT2D eigenvalue weighted by molar-refractivity contribution is 0.0512. The van der Waals surface area contributed by atoms with Gasteiger partial charge in [-0.25, -0.2) is 8.42 Å². The first kappa shape index (κ1) is 21.4. The zero-order valence-corrected chi connectivity index (χ0v) is 18.4. The summed E-state index contributed by atoms with van der Waals surface area (Å²) in [7, 11) is -1.35. The minimum absolute atomic E-state index is 0.135. The fraction of sp³-hybridized carbons (Fsp3) is 0.650. The lowest BCUT2D eigenvalue weighted by Crippen LogP contribution is -2.58. The van der Waals surface area contributed by atoms with Crippen LogP contribution >= 0.6 is 11.6 Å². The van der Waals surface area contributed by atoms with Crippen molar-refractivity contribution < 1.29 is 13.2 Å². The SMILES string of the molecule is CN=C(NCC1(c2ccccc2Cl)CCOCC1)N1CCS(=O)(=O)C(C)(C)C1. The minimum atomic E-state index is -3.09. The molecule has 0 bridgehead atoms. The van der Waals surface area contributed by atoms with Crippen molar-refractivity contribution >= 4 is 27.4 Å². The first-order valence-corrected chi connectivity index (χ1v) is 11.7. The van der Waals surface area contributed by atoms with Crippen LogP contribution in [0.5, 0.6) is 0 Å². The highest BCUT2D eigenvalue weighted by Crippen LogP contribution is 2.38. The van der Waals surface area contributed by atoms with E-state index in [1.54, 1.807) is 20.9 Å². The molecular formula is C20H30ClN3O3S. The lowest BCUT2D eigenvalue weighted by atomic mass is 9.74. The van der Waals surface area contributed by atoms with Crippen LogP contribution in [0.3, 0.4) is 0 Å². The molecular weight excluding hydrogens is 398 g/mol. The van der Waals surface area contributed by atoms with E-state index in [1.807, 2.05) is 23.1 Å². The molecule has 1 N–H and O–H groups in total. The molecule has 2 aliphatic rings. The zero-order chi connectivity index (χ0) is 20.4. The van der Waals surface area contributed by atoms with Crippen molar-refractivity contribution in [2.24, 2.45) is 4.99 Å². The molecule has 6 nitrogen and oxygen atoms in total. The second-order valence-corrected chi connectivity index (χ2v) is 11.4. The van der Waals surface area contributed by atoms with E-state index < -0.39 is 14.6 Å². The van der Waals surface area contributed by atoms with Gasteiger partial charge in [0.25, 0.3) is 0 Å². The Morgan fingerprint density at radius 2 is 1.96 bits per heavy atom. The van der Waals surface area contributed by atoms with Gasteiger partial charge in [-0.3, -0.25) is 4.99 Å². The Morgan fingerprint density at radius 3 is 2.57 bits per heavy atom. The van der Waals surface area contributed by atoms with Crippen LogP contribution in [-0.2, 0) is 20.0 Å². The van der Waals surface area contributed by atoms with Gasteiger partial charge in [0.15, 0.2) is 15.8 Å². The molecule has 0 saturated carbocycles. The molecule has 0 aliphatic carbocycles. The quantitative estimate of drug-likeness (QED) is 0.592. The van der Waals surface area contributed by atoms with E-state index >= 15 is 0 Å². The molecule has 2 fully saturated rings. The highest BCUT2D eigenvalue weighted by Gasteiger charge is 2.42. The molecule has 0 spiro atoms. The lowest BCUT2D eigenvalue weighted by Gasteiger charge is -2.42. The van der Waals surface area contributed by atoms with Crippen LogP contribution in [0.2, 0.25) is 5.02 Å². The highest BCUT2D eigenvalue weighted by molar-refractivity contribution is 7.92. The predicted molar refractivity (Wildman–Crippen MR) is 114 cm³/mol. The molecule has 2 aliphatic heterocycles. The fourth-order valence-electron chi connectivity index (χ4n) is 4.10. The van der Waals surface area contributed by atoms with E-state index in [1.165, 1.54) is 0 Å². The number of nitrogens with zero attached hydrogens (tertiary/aromatic N) is 2. The molecule has 0 amide bonds. The molecule has 2 heterocycles. The monoisotopic (exact) mass is 427 g/mol. The second kappa shape index (κ2) is 8.20. The van der Waals surface area contributed by atoms with Gasteiger partial charge in [0.2, 0.25) is 0 Å². The van der Waals surface area contributed by atoms with Crippen LogP contribution in [0.1, 0.15) is 32.3 Å². The van der Waals surface area contributed by atoms with E-state index in [9.17, 15) is 8.42 Å². The summed E-state index contributed by atoms with van der Waals surface area (Å²) in [6.07, 6.45) is 1.75. The summed E-state index contributed by atoms with van der Waals surface area (Å²) in [6.45, 7) is 6.51. The molecule has 3 rings (SSSR count). The summed E-state index contributed by atoms with van der Waals surface area (Å²) in [5.41, 5.74) is 0.994.